The van der Waals surface area contributed by atoms with E-state index < -0.39 is 0 Å². The Morgan fingerprint density at radius 3 is 2.60 bits per heavy atom. The van der Waals surface area contributed by atoms with Crippen molar-refractivity contribution in [3.63, 3.8) is 0 Å². The molecule has 0 spiro atoms. The lowest BCUT2D eigenvalue weighted by atomic mass is 10.1. The molecule has 15 heavy (non-hydrogen) atoms. The first-order valence-corrected chi connectivity index (χ1v) is 5.00. The molecule has 0 aromatic heterocycles. The highest BCUT2D eigenvalue weighted by molar-refractivity contribution is 5.55. The number of aromatic hydroxyl groups is 2. The van der Waals surface area contributed by atoms with Crippen molar-refractivity contribution in [1.29, 1.82) is 0 Å². The van der Waals surface area contributed by atoms with Gasteiger partial charge in [0.05, 0.1) is 0 Å². The van der Waals surface area contributed by atoms with Crippen LogP contribution in [-0.4, -0.2) is 10.2 Å². The maximum absolute atomic E-state index is 9.73. The highest BCUT2D eigenvalue weighted by Crippen LogP contribution is 2.13. The molecule has 78 valence electrons. The van der Waals surface area contributed by atoms with Crippen LogP contribution in [0.4, 0.5) is 0 Å². The van der Waals surface area contributed by atoms with Crippen molar-refractivity contribution in [3.05, 3.63) is 34.2 Å². The molecule has 2 nitrogen and oxygen atoms in total. The minimum atomic E-state index is 0.0997. The Balaban J connectivity index is 2.85. The molecule has 1 aliphatic rings. The fourth-order valence-electron chi connectivity index (χ4n) is 1.96. The average molecular weight is 202 g/mol. The second-order valence-corrected chi connectivity index (χ2v) is 4.05. The summed E-state index contributed by atoms with van der Waals surface area (Å²) in [6, 6.07) is 3.04. The Bertz CT molecular complexity index is 538. The molecular weight excluding hydrogens is 188 g/mol. The van der Waals surface area contributed by atoms with Crippen LogP contribution in [0.2, 0.25) is 0 Å². The quantitative estimate of drug-likeness (QED) is 0.665. The third-order valence-electron chi connectivity index (χ3n) is 2.52. The number of allylic oxidation sites excluding steroid dienone is 2. The number of fused-ring (bicyclic) bond motifs is 1. The molecule has 1 atom stereocenters. The molecule has 1 aliphatic carbocycles. The van der Waals surface area contributed by atoms with E-state index in [-0.39, 0.29) is 11.5 Å². The number of hydrogen-bond donors (Lipinski definition) is 2. The van der Waals surface area contributed by atoms with Gasteiger partial charge in [-0.15, -0.1) is 0 Å². The van der Waals surface area contributed by atoms with E-state index in [0.717, 1.165) is 16.0 Å². The summed E-state index contributed by atoms with van der Waals surface area (Å²) >= 11 is 0. The zero-order chi connectivity index (χ0) is 11.0. The van der Waals surface area contributed by atoms with E-state index in [9.17, 15) is 10.2 Å². The molecule has 2 rings (SSSR count). The minimum absolute atomic E-state index is 0.0997. The zero-order valence-corrected chi connectivity index (χ0v) is 8.86. The van der Waals surface area contributed by atoms with Crippen LogP contribution in [-0.2, 0) is 0 Å². The van der Waals surface area contributed by atoms with Crippen LogP contribution in [0.5, 0.6) is 11.5 Å². The van der Waals surface area contributed by atoms with Crippen molar-refractivity contribution in [2.75, 3.05) is 0 Å². The lowest BCUT2D eigenvalue weighted by Crippen LogP contribution is -2.24. The SMILES string of the molecule is CC1=CC(C)C=c2cc(O)cc(O)c2=C1. The van der Waals surface area contributed by atoms with Crippen molar-refractivity contribution >= 4 is 12.2 Å². The van der Waals surface area contributed by atoms with E-state index in [0.29, 0.717) is 5.92 Å². The van der Waals surface area contributed by atoms with Crippen molar-refractivity contribution in [3.8, 4) is 11.5 Å². The molecule has 1 unspecified atom stereocenters. The summed E-state index contributed by atoms with van der Waals surface area (Å²) in [5.41, 5.74) is 1.12. The van der Waals surface area contributed by atoms with Crippen LogP contribution in [0.3, 0.4) is 0 Å². The summed E-state index contributed by atoms with van der Waals surface area (Å²) in [6.07, 6.45) is 6.09. The van der Waals surface area contributed by atoms with E-state index in [2.05, 4.69) is 13.0 Å². The van der Waals surface area contributed by atoms with Gasteiger partial charge in [0.25, 0.3) is 0 Å². The summed E-state index contributed by atoms with van der Waals surface area (Å²) < 4.78 is 0. The predicted octanol–water partition coefficient (Wildman–Crippen LogP) is 1.25. The highest BCUT2D eigenvalue weighted by atomic mass is 16.3. The molecule has 0 saturated heterocycles. The molecule has 0 radical (unpaired) electrons. The summed E-state index contributed by atoms with van der Waals surface area (Å²) in [6.45, 7) is 4.08. The first-order valence-electron chi connectivity index (χ1n) is 5.00. The molecule has 0 aliphatic heterocycles. The monoisotopic (exact) mass is 202 g/mol. The molecule has 2 heteroatoms. The van der Waals surface area contributed by atoms with Gasteiger partial charge in [0.1, 0.15) is 11.5 Å². The number of phenols is 2. The van der Waals surface area contributed by atoms with Crippen LogP contribution >= 0.6 is 0 Å². The lowest BCUT2D eigenvalue weighted by Gasteiger charge is -1.98. The normalized spacial score (nSPS) is 19.3. The van der Waals surface area contributed by atoms with Crippen LogP contribution in [0.15, 0.2) is 23.8 Å². The molecular formula is C13H14O2. The van der Waals surface area contributed by atoms with E-state index in [1.54, 1.807) is 6.07 Å². The van der Waals surface area contributed by atoms with Gasteiger partial charge in [-0.1, -0.05) is 24.6 Å². The van der Waals surface area contributed by atoms with Crippen LogP contribution in [0.1, 0.15) is 13.8 Å². The number of phenolic OH excluding ortho intramolecular Hbond substituents is 2. The molecule has 1 aromatic rings. The van der Waals surface area contributed by atoms with Gasteiger partial charge in [-0.25, -0.2) is 0 Å². The van der Waals surface area contributed by atoms with E-state index in [4.69, 9.17) is 0 Å². The first kappa shape index (κ1) is 9.84. The largest absolute Gasteiger partial charge is 0.508 e. The third kappa shape index (κ3) is 1.89. The molecule has 0 amide bonds. The molecule has 0 bridgehead atoms. The summed E-state index contributed by atoms with van der Waals surface area (Å²) in [4.78, 5) is 0. The van der Waals surface area contributed by atoms with Gasteiger partial charge in [0.15, 0.2) is 0 Å². The topological polar surface area (TPSA) is 40.5 Å². The Hall–Kier alpha value is -1.70. The Morgan fingerprint density at radius 1 is 1.13 bits per heavy atom. The Labute approximate surface area is 88.5 Å². The first-order chi connectivity index (χ1) is 7.06. The van der Waals surface area contributed by atoms with Gasteiger partial charge < -0.3 is 10.2 Å². The fourth-order valence-corrected chi connectivity index (χ4v) is 1.96. The second-order valence-electron chi connectivity index (χ2n) is 4.05. The van der Waals surface area contributed by atoms with Gasteiger partial charge in [-0.3, -0.25) is 0 Å². The molecule has 0 heterocycles. The van der Waals surface area contributed by atoms with E-state index in [1.165, 1.54) is 6.07 Å². The van der Waals surface area contributed by atoms with Gasteiger partial charge in [-0.05, 0) is 30.2 Å². The van der Waals surface area contributed by atoms with Crippen LogP contribution in [0.25, 0.3) is 12.2 Å². The Morgan fingerprint density at radius 2 is 1.87 bits per heavy atom. The average Bonchev–Trinajstić information content (AvgIpc) is 2.22. The number of hydrogen-bond acceptors (Lipinski definition) is 2. The van der Waals surface area contributed by atoms with Crippen molar-refractivity contribution < 1.29 is 10.2 Å². The number of rotatable bonds is 0. The second kappa shape index (κ2) is 3.46. The van der Waals surface area contributed by atoms with Crippen LogP contribution < -0.4 is 10.4 Å². The van der Waals surface area contributed by atoms with Gasteiger partial charge >= 0.3 is 0 Å². The van der Waals surface area contributed by atoms with E-state index >= 15 is 0 Å². The maximum Gasteiger partial charge on any atom is 0.127 e. The van der Waals surface area contributed by atoms with Crippen LogP contribution in [0, 0.1) is 5.92 Å². The van der Waals surface area contributed by atoms with Gasteiger partial charge in [0.2, 0.25) is 0 Å². The molecule has 2 N–H and O–H groups in total. The smallest absolute Gasteiger partial charge is 0.127 e. The predicted molar refractivity (Wildman–Crippen MR) is 60.9 cm³/mol. The van der Waals surface area contributed by atoms with E-state index in [1.807, 2.05) is 19.1 Å². The third-order valence-corrected chi connectivity index (χ3v) is 2.52. The summed E-state index contributed by atoms with van der Waals surface area (Å²) in [7, 11) is 0. The molecule has 0 fully saturated rings. The minimum Gasteiger partial charge on any atom is -0.508 e. The van der Waals surface area contributed by atoms with Gasteiger partial charge in [0, 0.05) is 11.3 Å². The van der Waals surface area contributed by atoms with Gasteiger partial charge in [-0.2, -0.15) is 0 Å². The zero-order valence-electron chi connectivity index (χ0n) is 8.86. The fraction of sp³-hybridized carbons (Fsp3) is 0.231. The lowest BCUT2D eigenvalue weighted by molar-refractivity contribution is 0.446. The summed E-state index contributed by atoms with van der Waals surface area (Å²) in [5, 5.41) is 20.8. The highest BCUT2D eigenvalue weighted by Gasteiger charge is 2.03. The standard InChI is InChI=1S/C13H14O2/c1-8-3-9(2)5-12-10(4-8)6-11(14)7-13(12)15/h3-8,14-15H,1-2H3. The Kier molecular flexibility index (Phi) is 2.27. The van der Waals surface area contributed by atoms with Crippen molar-refractivity contribution in [2.24, 2.45) is 5.92 Å². The summed E-state index contributed by atoms with van der Waals surface area (Å²) in [5.74, 6) is 0.537. The number of benzene rings is 1. The van der Waals surface area contributed by atoms with Crippen molar-refractivity contribution in [1.82, 2.24) is 0 Å². The molecule has 0 saturated carbocycles. The maximum atomic E-state index is 9.73. The molecule has 1 aromatic carbocycles. The van der Waals surface area contributed by atoms with Crippen molar-refractivity contribution in [2.45, 2.75) is 13.8 Å².